The lowest BCUT2D eigenvalue weighted by atomic mass is 9.79. The number of aryl methyl sites for hydroxylation is 1. The fraction of sp³-hybridized carbons (Fsp3) is 0.417. The van der Waals surface area contributed by atoms with E-state index in [0.29, 0.717) is 5.92 Å². The summed E-state index contributed by atoms with van der Waals surface area (Å²) in [6.45, 7) is 8.94. The van der Waals surface area contributed by atoms with E-state index in [-0.39, 0.29) is 17.9 Å². The highest BCUT2D eigenvalue weighted by atomic mass is 16.5. The molecule has 0 fully saturated rings. The molecule has 1 aliphatic rings. The fourth-order valence-corrected chi connectivity index (χ4v) is 4.02. The second kappa shape index (κ2) is 8.27. The number of ether oxygens (including phenoxy) is 1. The molecule has 0 spiro atoms. The maximum atomic E-state index is 12.2. The Morgan fingerprint density at radius 2 is 2.00 bits per heavy atom. The van der Waals surface area contributed by atoms with E-state index in [1.807, 2.05) is 24.3 Å². The molecule has 1 heterocycles. The van der Waals surface area contributed by atoms with Crippen molar-refractivity contribution in [2.75, 3.05) is 19.1 Å². The zero-order valence-corrected chi connectivity index (χ0v) is 18.2. The van der Waals surface area contributed by atoms with Gasteiger partial charge < -0.3 is 9.64 Å². The SMILES string of the molecule is COc1ccc(CC(=O)N/N=C/c2cc3c(cc2C)N(C)C(C)(C)CC3C)cc1. The van der Waals surface area contributed by atoms with E-state index in [0.717, 1.165) is 28.9 Å². The number of amides is 1. The molecular formula is C24H31N3O2. The monoisotopic (exact) mass is 393 g/mol. The number of nitrogens with one attached hydrogen (secondary N) is 1. The number of hydrazone groups is 1. The third kappa shape index (κ3) is 4.61. The minimum atomic E-state index is -0.142. The first kappa shape index (κ1) is 20.9. The van der Waals surface area contributed by atoms with Crippen LogP contribution in [-0.2, 0) is 11.2 Å². The Balaban J connectivity index is 1.69. The summed E-state index contributed by atoms with van der Waals surface area (Å²) in [5, 5.41) is 4.19. The molecule has 0 bridgehead atoms. The van der Waals surface area contributed by atoms with Gasteiger partial charge in [0.2, 0.25) is 5.91 Å². The molecule has 2 aromatic rings. The normalized spacial score (nSPS) is 17.9. The Bertz CT molecular complexity index is 916. The van der Waals surface area contributed by atoms with Gasteiger partial charge in [-0.15, -0.1) is 0 Å². The van der Waals surface area contributed by atoms with Gasteiger partial charge in [0, 0.05) is 18.3 Å². The molecule has 0 radical (unpaired) electrons. The van der Waals surface area contributed by atoms with Crippen LogP contribution < -0.4 is 15.1 Å². The first-order chi connectivity index (χ1) is 13.7. The summed E-state index contributed by atoms with van der Waals surface area (Å²) in [6.07, 6.45) is 3.13. The summed E-state index contributed by atoms with van der Waals surface area (Å²) in [5.74, 6) is 1.11. The van der Waals surface area contributed by atoms with Crippen molar-refractivity contribution in [3.63, 3.8) is 0 Å². The van der Waals surface area contributed by atoms with E-state index >= 15 is 0 Å². The largest absolute Gasteiger partial charge is 0.497 e. The Morgan fingerprint density at radius 3 is 2.66 bits per heavy atom. The average molecular weight is 394 g/mol. The lowest BCUT2D eigenvalue weighted by Crippen LogP contribution is -2.45. The van der Waals surface area contributed by atoms with Crippen molar-refractivity contribution in [2.45, 2.75) is 52.0 Å². The maximum Gasteiger partial charge on any atom is 0.244 e. The van der Waals surface area contributed by atoms with Gasteiger partial charge in [0.25, 0.3) is 0 Å². The lowest BCUT2D eigenvalue weighted by molar-refractivity contribution is -0.120. The summed E-state index contributed by atoms with van der Waals surface area (Å²) in [5.41, 5.74) is 8.50. The molecule has 0 saturated heterocycles. The van der Waals surface area contributed by atoms with Gasteiger partial charge >= 0.3 is 0 Å². The number of carbonyl (C=O) groups excluding carboxylic acids is 1. The summed E-state index contributed by atoms with van der Waals surface area (Å²) in [6, 6.07) is 11.9. The van der Waals surface area contributed by atoms with Crippen LogP contribution in [0.25, 0.3) is 0 Å². The molecule has 3 rings (SSSR count). The predicted octanol–water partition coefficient (Wildman–Crippen LogP) is 4.42. The number of anilines is 1. The number of methoxy groups -OCH3 is 1. The van der Waals surface area contributed by atoms with Gasteiger partial charge in [-0.1, -0.05) is 19.1 Å². The Hall–Kier alpha value is -2.82. The Morgan fingerprint density at radius 1 is 1.31 bits per heavy atom. The zero-order chi connectivity index (χ0) is 21.2. The van der Waals surface area contributed by atoms with Gasteiger partial charge in [-0.3, -0.25) is 4.79 Å². The van der Waals surface area contributed by atoms with Crippen LogP contribution in [0.15, 0.2) is 41.5 Å². The van der Waals surface area contributed by atoms with Crippen LogP contribution in [0.3, 0.4) is 0 Å². The molecule has 154 valence electrons. The molecule has 1 unspecified atom stereocenters. The number of rotatable bonds is 5. The molecule has 2 aromatic carbocycles. The molecule has 29 heavy (non-hydrogen) atoms. The first-order valence-corrected chi connectivity index (χ1v) is 10.0. The highest BCUT2D eigenvalue weighted by Crippen LogP contribution is 2.43. The summed E-state index contributed by atoms with van der Waals surface area (Å²) in [7, 11) is 3.79. The Labute approximate surface area is 173 Å². The van der Waals surface area contributed by atoms with Gasteiger partial charge in [0.05, 0.1) is 19.7 Å². The molecule has 5 heteroatoms. The predicted molar refractivity (Wildman–Crippen MR) is 119 cm³/mol. The molecule has 1 atom stereocenters. The number of benzene rings is 2. The van der Waals surface area contributed by atoms with E-state index in [2.05, 4.69) is 62.3 Å². The Kier molecular flexibility index (Phi) is 5.96. The van der Waals surface area contributed by atoms with E-state index in [1.54, 1.807) is 13.3 Å². The molecule has 1 aliphatic heterocycles. The smallest absolute Gasteiger partial charge is 0.244 e. The maximum absolute atomic E-state index is 12.2. The fourth-order valence-electron chi connectivity index (χ4n) is 4.02. The van der Waals surface area contributed by atoms with Crippen molar-refractivity contribution in [2.24, 2.45) is 5.10 Å². The minimum absolute atomic E-state index is 0.142. The molecule has 0 aromatic heterocycles. The lowest BCUT2D eigenvalue weighted by Gasteiger charge is -2.45. The van der Waals surface area contributed by atoms with Gasteiger partial charge in [-0.05, 0) is 79.6 Å². The van der Waals surface area contributed by atoms with E-state index < -0.39 is 0 Å². The third-order valence-electron chi connectivity index (χ3n) is 5.94. The van der Waals surface area contributed by atoms with Gasteiger partial charge in [-0.2, -0.15) is 5.10 Å². The van der Waals surface area contributed by atoms with Crippen molar-refractivity contribution < 1.29 is 9.53 Å². The number of hydrogen-bond donors (Lipinski definition) is 1. The van der Waals surface area contributed by atoms with Crippen LogP contribution in [-0.4, -0.2) is 31.8 Å². The van der Waals surface area contributed by atoms with Crippen LogP contribution in [0, 0.1) is 6.92 Å². The number of carbonyl (C=O) groups is 1. The van der Waals surface area contributed by atoms with E-state index in [1.165, 1.54) is 11.3 Å². The molecule has 0 aliphatic carbocycles. The molecule has 0 saturated carbocycles. The average Bonchev–Trinajstić information content (AvgIpc) is 2.67. The molecular weight excluding hydrogens is 362 g/mol. The van der Waals surface area contributed by atoms with Crippen LogP contribution in [0.4, 0.5) is 5.69 Å². The highest BCUT2D eigenvalue weighted by molar-refractivity contribution is 5.86. The standard InChI is InChI=1S/C24H31N3O2/c1-16-11-22-21(17(2)14-24(3,4)27(22)5)13-19(16)15-25-26-23(28)12-18-7-9-20(29-6)10-8-18/h7-11,13,15,17H,12,14H2,1-6H3,(H,26,28)/b25-15+. The van der Waals surface area contributed by atoms with Gasteiger partial charge in [0.1, 0.15) is 5.75 Å². The second-order valence-corrected chi connectivity index (χ2v) is 8.56. The summed E-state index contributed by atoms with van der Waals surface area (Å²) < 4.78 is 5.14. The van der Waals surface area contributed by atoms with Gasteiger partial charge in [0.15, 0.2) is 0 Å². The molecule has 5 nitrogen and oxygen atoms in total. The summed E-state index contributed by atoms with van der Waals surface area (Å²) >= 11 is 0. The van der Waals surface area contributed by atoms with Crippen LogP contribution >= 0.6 is 0 Å². The number of nitrogens with zero attached hydrogens (tertiary/aromatic N) is 2. The van der Waals surface area contributed by atoms with Crippen LogP contribution in [0.5, 0.6) is 5.75 Å². The van der Waals surface area contributed by atoms with Crippen molar-refractivity contribution >= 4 is 17.8 Å². The second-order valence-electron chi connectivity index (χ2n) is 8.56. The molecule has 1 N–H and O–H groups in total. The minimum Gasteiger partial charge on any atom is -0.497 e. The van der Waals surface area contributed by atoms with Crippen molar-refractivity contribution in [1.82, 2.24) is 5.43 Å². The third-order valence-corrected chi connectivity index (χ3v) is 5.94. The van der Waals surface area contributed by atoms with Crippen LogP contribution in [0.2, 0.25) is 0 Å². The van der Waals surface area contributed by atoms with Crippen LogP contribution in [0.1, 0.15) is 55.4 Å². The highest BCUT2D eigenvalue weighted by Gasteiger charge is 2.34. The van der Waals surface area contributed by atoms with Crippen molar-refractivity contribution in [1.29, 1.82) is 0 Å². The van der Waals surface area contributed by atoms with E-state index in [4.69, 9.17) is 4.74 Å². The molecule has 1 amide bonds. The number of fused-ring (bicyclic) bond motifs is 1. The first-order valence-electron chi connectivity index (χ1n) is 10.0. The number of hydrogen-bond acceptors (Lipinski definition) is 4. The van der Waals surface area contributed by atoms with Gasteiger partial charge in [-0.25, -0.2) is 5.43 Å². The van der Waals surface area contributed by atoms with Crippen molar-refractivity contribution in [3.8, 4) is 5.75 Å². The topological polar surface area (TPSA) is 53.9 Å². The quantitative estimate of drug-likeness (QED) is 0.604. The summed E-state index contributed by atoms with van der Waals surface area (Å²) in [4.78, 5) is 14.5. The van der Waals surface area contributed by atoms with E-state index in [9.17, 15) is 4.79 Å². The van der Waals surface area contributed by atoms with Crippen molar-refractivity contribution in [3.05, 3.63) is 58.7 Å². The zero-order valence-electron chi connectivity index (χ0n) is 18.2.